The lowest BCUT2D eigenvalue weighted by Crippen LogP contribution is -2.33. The van der Waals surface area contributed by atoms with Crippen molar-refractivity contribution in [2.24, 2.45) is 0 Å². The van der Waals surface area contributed by atoms with E-state index in [4.69, 9.17) is 24.4 Å². The maximum absolute atomic E-state index is 13.8. The first-order valence-corrected chi connectivity index (χ1v) is 11.5. The highest BCUT2D eigenvalue weighted by molar-refractivity contribution is 7.80. The van der Waals surface area contributed by atoms with Gasteiger partial charge in [0.2, 0.25) is 5.91 Å². The van der Waals surface area contributed by atoms with Crippen molar-refractivity contribution in [3.8, 4) is 0 Å². The van der Waals surface area contributed by atoms with Crippen molar-refractivity contribution in [2.45, 2.75) is 39.0 Å². The number of ketones is 1. The number of amides is 1. The van der Waals surface area contributed by atoms with Crippen LogP contribution in [-0.4, -0.2) is 34.8 Å². The molecule has 1 amide bonds. The summed E-state index contributed by atoms with van der Waals surface area (Å²) in [7, 11) is 0. The number of halogens is 3. The number of carbonyl (C=O) groups is 2. The Morgan fingerprint density at radius 3 is 2.32 bits per heavy atom. The van der Waals surface area contributed by atoms with Crippen LogP contribution in [0.5, 0.6) is 0 Å². The van der Waals surface area contributed by atoms with Crippen molar-refractivity contribution in [1.82, 2.24) is 10.6 Å². The molecule has 0 aliphatic carbocycles. The molecule has 2 aromatic carbocycles. The zero-order valence-electron chi connectivity index (χ0n) is 18.7. The predicted octanol–water partition coefficient (Wildman–Crippen LogP) is 4.56. The standard InChI is InChI=1S/C24H26F3N3O2S2/c1-15-6-9-22(21(27)10-15)30-24(34)29-13-18(31)4-2-3-5-23(32)28-14-19(33)11-16-7-8-17(25)12-20(16)26/h6-10,12H,2-5,11,13-14H2,1H3,(H,28,32)(H2,29,30,34). The molecule has 0 radical (unpaired) electrons. The van der Waals surface area contributed by atoms with Gasteiger partial charge in [-0.05, 0) is 61.3 Å². The Hall–Kier alpha value is -2.85. The van der Waals surface area contributed by atoms with Crippen LogP contribution < -0.4 is 16.0 Å². The maximum Gasteiger partial charge on any atom is 0.220 e. The number of thiocarbonyl (C=S) groups is 2. The van der Waals surface area contributed by atoms with E-state index >= 15 is 0 Å². The summed E-state index contributed by atoms with van der Waals surface area (Å²) in [6.45, 7) is 1.89. The van der Waals surface area contributed by atoms with Crippen LogP contribution in [0.3, 0.4) is 0 Å². The molecule has 0 spiro atoms. The molecule has 0 heterocycles. The molecule has 0 saturated heterocycles. The Morgan fingerprint density at radius 1 is 0.882 bits per heavy atom. The molecule has 0 aromatic heterocycles. The highest BCUT2D eigenvalue weighted by Gasteiger charge is 2.10. The molecule has 2 aromatic rings. The average molecular weight is 510 g/mol. The Morgan fingerprint density at radius 2 is 1.62 bits per heavy atom. The number of Topliss-reactive ketones (excluding diaryl/α,β-unsaturated/α-hetero) is 1. The molecular weight excluding hydrogens is 483 g/mol. The smallest absolute Gasteiger partial charge is 0.220 e. The number of unbranched alkanes of at least 4 members (excludes halogenated alkanes) is 1. The fraction of sp³-hybridized carbons (Fsp3) is 0.333. The second-order valence-corrected chi connectivity index (χ2v) is 8.75. The number of anilines is 1. The van der Waals surface area contributed by atoms with Crippen LogP contribution in [0.1, 0.15) is 36.8 Å². The van der Waals surface area contributed by atoms with Gasteiger partial charge in [-0.15, -0.1) is 0 Å². The minimum absolute atomic E-state index is 0.000272. The molecule has 0 aliphatic rings. The summed E-state index contributed by atoms with van der Waals surface area (Å²) in [6.07, 6.45) is 1.64. The van der Waals surface area contributed by atoms with Crippen molar-refractivity contribution in [1.29, 1.82) is 0 Å². The van der Waals surface area contributed by atoms with Crippen LogP contribution in [-0.2, 0) is 16.0 Å². The molecule has 182 valence electrons. The van der Waals surface area contributed by atoms with E-state index < -0.39 is 17.5 Å². The normalized spacial score (nSPS) is 10.5. The van der Waals surface area contributed by atoms with E-state index in [1.165, 1.54) is 12.1 Å². The first kappa shape index (κ1) is 27.4. The lowest BCUT2D eigenvalue weighted by molar-refractivity contribution is -0.121. The molecule has 0 bridgehead atoms. The topological polar surface area (TPSA) is 70.2 Å². The van der Waals surface area contributed by atoms with Crippen molar-refractivity contribution in [3.63, 3.8) is 0 Å². The number of benzene rings is 2. The lowest BCUT2D eigenvalue weighted by atomic mass is 10.1. The molecule has 0 unspecified atom stereocenters. The van der Waals surface area contributed by atoms with Gasteiger partial charge in [0, 0.05) is 36.7 Å². The number of hydrogen-bond donors (Lipinski definition) is 3. The third kappa shape index (κ3) is 9.96. The monoisotopic (exact) mass is 509 g/mol. The maximum atomic E-state index is 13.8. The third-order valence-corrected chi connectivity index (χ3v) is 5.35. The summed E-state index contributed by atoms with van der Waals surface area (Å²) >= 11 is 10.2. The van der Waals surface area contributed by atoms with Crippen LogP contribution >= 0.6 is 24.4 Å². The summed E-state index contributed by atoms with van der Waals surface area (Å²) in [6, 6.07) is 7.97. The van der Waals surface area contributed by atoms with Gasteiger partial charge < -0.3 is 16.0 Å². The molecule has 10 heteroatoms. The molecule has 5 nitrogen and oxygen atoms in total. The van der Waals surface area contributed by atoms with Crippen molar-refractivity contribution in [2.75, 3.05) is 18.4 Å². The molecular formula is C24H26F3N3O2S2. The van der Waals surface area contributed by atoms with E-state index in [1.54, 1.807) is 19.1 Å². The first-order chi connectivity index (χ1) is 16.1. The minimum atomic E-state index is -0.674. The van der Waals surface area contributed by atoms with E-state index in [9.17, 15) is 22.8 Å². The van der Waals surface area contributed by atoms with Crippen molar-refractivity contribution >= 4 is 51.8 Å². The second kappa shape index (κ2) is 13.8. The van der Waals surface area contributed by atoms with E-state index in [2.05, 4.69) is 16.0 Å². The molecule has 0 fully saturated rings. The van der Waals surface area contributed by atoms with Gasteiger partial charge in [-0.1, -0.05) is 24.4 Å². The third-order valence-electron chi connectivity index (χ3n) is 4.81. The number of rotatable bonds is 12. The van der Waals surface area contributed by atoms with Crippen LogP contribution in [0.2, 0.25) is 0 Å². The first-order valence-electron chi connectivity index (χ1n) is 10.7. The fourth-order valence-electron chi connectivity index (χ4n) is 2.99. The summed E-state index contributed by atoms with van der Waals surface area (Å²) in [5.41, 5.74) is 1.28. The fourth-order valence-corrected chi connectivity index (χ4v) is 3.40. The second-order valence-electron chi connectivity index (χ2n) is 7.76. The van der Waals surface area contributed by atoms with Gasteiger partial charge in [-0.2, -0.15) is 0 Å². The number of hydrogen-bond acceptors (Lipinski definition) is 4. The summed E-state index contributed by atoms with van der Waals surface area (Å²) in [5, 5.41) is 8.26. The van der Waals surface area contributed by atoms with Gasteiger partial charge in [-0.25, -0.2) is 13.2 Å². The molecule has 3 N–H and O–H groups in total. The zero-order chi connectivity index (χ0) is 25.1. The largest absolute Gasteiger partial charge is 0.355 e. The quantitative estimate of drug-likeness (QED) is 0.288. The highest BCUT2D eigenvalue weighted by atomic mass is 32.1. The Bertz CT molecular complexity index is 980. The van der Waals surface area contributed by atoms with E-state index in [1.807, 2.05) is 0 Å². The number of nitrogens with one attached hydrogen (secondary N) is 3. The van der Waals surface area contributed by atoms with Crippen molar-refractivity contribution < 1.29 is 22.8 Å². The minimum Gasteiger partial charge on any atom is -0.355 e. The highest BCUT2D eigenvalue weighted by Crippen LogP contribution is 2.15. The van der Waals surface area contributed by atoms with Crippen LogP contribution in [0.15, 0.2) is 36.4 Å². The summed E-state index contributed by atoms with van der Waals surface area (Å²) in [5.74, 6) is -2.08. The van der Waals surface area contributed by atoms with Crippen LogP contribution in [0.25, 0.3) is 0 Å². The Labute approximate surface area is 207 Å². The van der Waals surface area contributed by atoms with Crippen molar-refractivity contribution in [3.05, 3.63) is 65.0 Å². The summed E-state index contributed by atoms with van der Waals surface area (Å²) in [4.78, 5) is 24.4. The van der Waals surface area contributed by atoms with E-state index in [0.29, 0.717) is 17.7 Å². The molecule has 0 saturated carbocycles. The zero-order valence-corrected chi connectivity index (χ0v) is 20.3. The summed E-state index contributed by atoms with van der Waals surface area (Å²) < 4.78 is 40.4. The number of aryl methyl sites for hydroxylation is 1. The molecule has 0 atom stereocenters. The van der Waals surface area contributed by atoms with Crippen LogP contribution in [0, 0.1) is 24.4 Å². The van der Waals surface area contributed by atoms with Gasteiger partial charge in [0.15, 0.2) is 10.9 Å². The predicted molar refractivity (Wildman–Crippen MR) is 135 cm³/mol. The molecule has 0 aliphatic heterocycles. The Kier molecular flexibility index (Phi) is 11.1. The molecule has 34 heavy (non-hydrogen) atoms. The van der Waals surface area contributed by atoms with E-state index in [-0.39, 0.29) is 60.4 Å². The van der Waals surface area contributed by atoms with Gasteiger partial charge in [-0.3, -0.25) is 9.59 Å². The van der Waals surface area contributed by atoms with Gasteiger partial charge in [0.05, 0.1) is 12.2 Å². The lowest BCUT2D eigenvalue weighted by Gasteiger charge is -2.11. The van der Waals surface area contributed by atoms with Gasteiger partial charge in [0.25, 0.3) is 0 Å². The van der Waals surface area contributed by atoms with Crippen LogP contribution in [0.4, 0.5) is 18.9 Å². The van der Waals surface area contributed by atoms with Gasteiger partial charge in [0.1, 0.15) is 17.5 Å². The van der Waals surface area contributed by atoms with E-state index in [0.717, 1.165) is 17.7 Å². The number of carbonyl (C=O) groups excluding carboxylic acids is 2. The molecule has 2 rings (SSSR count). The SMILES string of the molecule is Cc1ccc(NC(=S)NCC(=O)CCCCC(=O)NCC(=S)Cc2ccc(F)cc2F)c(F)c1. The average Bonchev–Trinajstić information content (AvgIpc) is 2.77. The Balaban J connectivity index is 1.57. The van der Waals surface area contributed by atoms with Gasteiger partial charge >= 0.3 is 0 Å².